The number of nitrogens with one attached hydrogen (secondary N) is 1. The van der Waals surface area contributed by atoms with Gasteiger partial charge >= 0.3 is 0 Å². The molecule has 0 bridgehead atoms. The zero-order valence-corrected chi connectivity index (χ0v) is 10.5. The summed E-state index contributed by atoms with van der Waals surface area (Å²) >= 11 is 0. The molecule has 1 saturated carbocycles. The van der Waals surface area contributed by atoms with Crippen molar-refractivity contribution in [1.82, 2.24) is 5.32 Å². The highest BCUT2D eigenvalue weighted by atomic mass is 19.1. The molecule has 3 nitrogen and oxygen atoms in total. The quantitative estimate of drug-likeness (QED) is 0.866. The van der Waals surface area contributed by atoms with Gasteiger partial charge in [0.05, 0.1) is 25.7 Å². The SMILES string of the molecule is COc1ccc(F)cc1C1(CNC2CC2)COC1. The van der Waals surface area contributed by atoms with Crippen molar-refractivity contribution in [2.75, 3.05) is 26.9 Å². The molecule has 1 aromatic carbocycles. The van der Waals surface area contributed by atoms with E-state index in [9.17, 15) is 4.39 Å². The first-order valence-corrected chi connectivity index (χ1v) is 6.39. The van der Waals surface area contributed by atoms with Gasteiger partial charge in [0.25, 0.3) is 0 Å². The summed E-state index contributed by atoms with van der Waals surface area (Å²) in [4.78, 5) is 0. The van der Waals surface area contributed by atoms with E-state index < -0.39 is 0 Å². The number of hydrogen-bond donors (Lipinski definition) is 1. The molecule has 3 rings (SSSR count). The van der Waals surface area contributed by atoms with Crippen molar-refractivity contribution in [3.8, 4) is 5.75 Å². The number of rotatable bonds is 5. The second-order valence-electron chi connectivity index (χ2n) is 5.27. The first-order chi connectivity index (χ1) is 8.73. The number of ether oxygens (including phenoxy) is 2. The van der Waals surface area contributed by atoms with Crippen molar-refractivity contribution in [1.29, 1.82) is 0 Å². The van der Waals surface area contributed by atoms with Gasteiger partial charge in [-0.1, -0.05) is 0 Å². The maximum Gasteiger partial charge on any atom is 0.123 e. The van der Waals surface area contributed by atoms with Crippen LogP contribution in [-0.2, 0) is 10.2 Å². The van der Waals surface area contributed by atoms with E-state index in [2.05, 4.69) is 5.32 Å². The third kappa shape index (κ3) is 2.10. The molecule has 0 aromatic heterocycles. The van der Waals surface area contributed by atoms with Gasteiger partial charge in [0.15, 0.2) is 0 Å². The first kappa shape index (κ1) is 11.9. The molecule has 1 aliphatic heterocycles. The zero-order chi connectivity index (χ0) is 12.6. The molecule has 1 aliphatic carbocycles. The predicted octanol–water partition coefficient (Wildman–Crippen LogP) is 1.85. The molecule has 4 heteroatoms. The normalized spacial score (nSPS) is 21.4. The van der Waals surface area contributed by atoms with E-state index >= 15 is 0 Å². The zero-order valence-electron chi connectivity index (χ0n) is 10.5. The fourth-order valence-electron chi connectivity index (χ4n) is 2.42. The average molecular weight is 251 g/mol. The topological polar surface area (TPSA) is 30.5 Å². The molecule has 0 spiro atoms. The van der Waals surface area contributed by atoms with Gasteiger partial charge < -0.3 is 14.8 Å². The van der Waals surface area contributed by atoms with Crippen LogP contribution in [0.15, 0.2) is 18.2 Å². The minimum absolute atomic E-state index is 0.129. The lowest BCUT2D eigenvalue weighted by molar-refractivity contribution is -0.0601. The van der Waals surface area contributed by atoms with Crippen LogP contribution in [0.5, 0.6) is 5.75 Å². The summed E-state index contributed by atoms with van der Waals surface area (Å²) in [6.07, 6.45) is 2.49. The molecule has 2 fully saturated rings. The third-order valence-corrected chi connectivity index (χ3v) is 3.80. The summed E-state index contributed by atoms with van der Waals surface area (Å²) in [6.45, 7) is 2.09. The monoisotopic (exact) mass is 251 g/mol. The molecule has 0 unspecified atom stereocenters. The van der Waals surface area contributed by atoms with E-state index in [1.165, 1.54) is 18.9 Å². The highest BCUT2D eigenvalue weighted by molar-refractivity contribution is 5.42. The Hall–Kier alpha value is -1.13. The standard InChI is InChI=1S/C14H18FNO2/c1-17-13-5-2-10(15)6-12(13)14(8-18-9-14)7-16-11-3-4-11/h2,5-6,11,16H,3-4,7-9H2,1H3. The Morgan fingerprint density at radius 1 is 1.44 bits per heavy atom. The summed E-state index contributed by atoms with van der Waals surface area (Å²) in [6, 6.07) is 5.35. The Balaban J connectivity index is 1.86. The summed E-state index contributed by atoms with van der Waals surface area (Å²) in [5.74, 6) is 0.529. The second kappa shape index (κ2) is 4.52. The predicted molar refractivity (Wildman–Crippen MR) is 66.5 cm³/mol. The first-order valence-electron chi connectivity index (χ1n) is 6.39. The average Bonchev–Trinajstić information content (AvgIpc) is 3.12. The molecular weight excluding hydrogens is 233 g/mol. The van der Waals surface area contributed by atoms with E-state index in [4.69, 9.17) is 9.47 Å². The molecule has 0 radical (unpaired) electrons. The Kier molecular flexibility index (Phi) is 2.99. The van der Waals surface area contributed by atoms with Gasteiger partial charge in [-0.15, -0.1) is 0 Å². The largest absolute Gasteiger partial charge is 0.496 e. The summed E-state index contributed by atoms with van der Waals surface area (Å²) in [5.41, 5.74) is 0.792. The maximum absolute atomic E-state index is 13.5. The van der Waals surface area contributed by atoms with Gasteiger partial charge in [-0.3, -0.25) is 0 Å². The van der Waals surface area contributed by atoms with Gasteiger partial charge in [-0.05, 0) is 31.0 Å². The van der Waals surface area contributed by atoms with Crippen LogP contribution in [0.4, 0.5) is 4.39 Å². The smallest absolute Gasteiger partial charge is 0.123 e. The molecule has 0 atom stereocenters. The van der Waals surface area contributed by atoms with E-state index in [-0.39, 0.29) is 11.2 Å². The van der Waals surface area contributed by atoms with Crippen LogP contribution >= 0.6 is 0 Å². The van der Waals surface area contributed by atoms with Crippen molar-refractivity contribution in [2.45, 2.75) is 24.3 Å². The van der Waals surface area contributed by atoms with E-state index in [0.29, 0.717) is 19.3 Å². The minimum atomic E-state index is -0.219. The van der Waals surface area contributed by atoms with Crippen LogP contribution in [0.25, 0.3) is 0 Å². The molecule has 1 N–H and O–H groups in total. The summed E-state index contributed by atoms with van der Waals surface area (Å²) in [7, 11) is 1.62. The Morgan fingerprint density at radius 2 is 2.22 bits per heavy atom. The van der Waals surface area contributed by atoms with E-state index in [1.807, 2.05) is 0 Å². The number of hydrogen-bond acceptors (Lipinski definition) is 3. The van der Waals surface area contributed by atoms with Gasteiger partial charge in [-0.25, -0.2) is 4.39 Å². The van der Waals surface area contributed by atoms with Crippen molar-refractivity contribution >= 4 is 0 Å². The highest BCUT2D eigenvalue weighted by Crippen LogP contribution is 2.38. The minimum Gasteiger partial charge on any atom is -0.496 e. The molecule has 1 heterocycles. The second-order valence-corrected chi connectivity index (χ2v) is 5.27. The maximum atomic E-state index is 13.5. The molecule has 98 valence electrons. The van der Waals surface area contributed by atoms with Crippen molar-refractivity contribution in [3.63, 3.8) is 0 Å². The Morgan fingerprint density at radius 3 is 2.78 bits per heavy atom. The van der Waals surface area contributed by atoms with Crippen LogP contribution in [-0.4, -0.2) is 32.9 Å². The van der Waals surface area contributed by atoms with Crippen LogP contribution in [0, 0.1) is 5.82 Å². The van der Waals surface area contributed by atoms with Crippen LogP contribution in [0.2, 0.25) is 0 Å². The molecule has 18 heavy (non-hydrogen) atoms. The summed E-state index contributed by atoms with van der Waals surface area (Å²) < 4.78 is 24.2. The van der Waals surface area contributed by atoms with Gasteiger partial charge in [0.1, 0.15) is 11.6 Å². The van der Waals surface area contributed by atoms with Gasteiger partial charge in [0, 0.05) is 18.2 Å². The molecule has 0 amide bonds. The number of methoxy groups -OCH3 is 1. The molecule has 1 saturated heterocycles. The molecule has 2 aliphatic rings. The number of halogens is 1. The highest BCUT2D eigenvalue weighted by Gasteiger charge is 2.43. The lowest BCUT2D eigenvalue weighted by Gasteiger charge is -2.42. The molecule has 1 aromatic rings. The number of benzene rings is 1. The van der Waals surface area contributed by atoms with E-state index in [1.54, 1.807) is 19.2 Å². The van der Waals surface area contributed by atoms with Gasteiger partial charge in [-0.2, -0.15) is 0 Å². The van der Waals surface area contributed by atoms with Crippen molar-refractivity contribution in [3.05, 3.63) is 29.6 Å². The van der Waals surface area contributed by atoms with Crippen LogP contribution in [0.1, 0.15) is 18.4 Å². The van der Waals surface area contributed by atoms with Gasteiger partial charge in [0.2, 0.25) is 0 Å². The third-order valence-electron chi connectivity index (χ3n) is 3.80. The van der Waals surface area contributed by atoms with Crippen LogP contribution < -0.4 is 10.1 Å². The Labute approximate surface area is 106 Å². The lowest BCUT2D eigenvalue weighted by Crippen LogP contribution is -2.54. The van der Waals surface area contributed by atoms with Crippen molar-refractivity contribution in [2.24, 2.45) is 0 Å². The molecular formula is C14H18FNO2. The summed E-state index contributed by atoms with van der Waals surface area (Å²) in [5, 5.41) is 3.51. The fourth-order valence-corrected chi connectivity index (χ4v) is 2.42. The van der Waals surface area contributed by atoms with E-state index in [0.717, 1.165) is 17.9 Å². The van der Waals surface area contributed by atoms with Crippen molar-refractivity contribution < 1.29 is 13.9 Å². The Bertz CT molecular complexity index is 441. The fraction of sp³-hybridized carbons (Fsp3) is 0.571. The lowest BCUT2D eigenvalue weighted by atomic mass is 9.78. The van der Waals surface area contributed by atoms with Crippen LogP contribution in [0.3, 0.4) is 0 Å².